The zero-order valence-corrected chi connectivity index (χ0v) is 32.8. The van der Waals surface area contributed by atoms with Crippen molar-refractivity contribution in [1.29, 1.82) is 0 Å². The minimum atomic E-state index is -3.90. The van der Waals surface area contributed by atoms with Gasteiger partial charge in [-0.05, 0) is 60.2 Å². The van der Waals surface area contributed by atoms with Crippen molar-refractivity contribution in [3.8, 4) is 17.2 Å². The number of ether oxygens (including phenoxy) is 5. The second-order valence-electron chi connectivity index (χ2n) is 13.5. The Bertz CT molecular complexity index is 2070. The highest BCUT2D eigenvalue weighted by molar-refractivity contribution is 7.92. The van der Waals surface area contributed by atoms with Gasteiger partial charge in [0.1, 0.15) is 28.5 Å². The average Bonchev–Trinajstić information content (AvgIpc) is 3.99. The number of anilines is 1. The fourth-order valence-electron chi connectivity index (χ4n) is 6.08. The van der Waals surface area contributed by atoms with Gasteiger partial charge in [-0.3, -0.25) is 9.21 Å². The molecule has 0 spiro atoms. The fraction of sp³-hybridized carbons (Fsp3) is 0.385. The van der Waals surface area contributed by atoms with Gasteiger partial charge in [0.2, 0.25) is 10.0 Å². The number of esters is 1. The Morgan fingerprint density at radius 1 is 0.982 bits per heavy atom. The van der Waals surface area contributed by atoms with E-state index in [1.165, 1.54) is 40.7 Å². The molecule has 1 aromatic heterocycles. The van der Waals surface area contributed by atoms with Crippen LogP contribution in [-0.2, 0) is 32.5 Å². The summed E-state index contributed by atoms with van der Waals surface area (Å²) < 4.78 is 83.4. The molecule has 0 amide bonds. The number of hydrogen-bond donors (Lipinski definition) is 0. The largest absolute Gasteiger partial charge is 0.619 e. The molecule has 2 heterocycles. The van der Waals surface area contributed by atoms with Gasteiger partial charge in [0.15, 0.2) is 23.9 Å². The lowest BCUT2D eigenvalue weighted by atomic mass is 10.0. The van der Waals surface area contributed by atoms with E-state index in [1.807, 2.05) is 30.3 Å². The van der Waals surface area contributed by atoms with Crippen LogP contribution in [0.25, 0.3) is 0 Å². The van der Waals surface area contributed by atoms with Crippen LogP contribution < -0.4 is 23.2 Å². The summed E-state index contributed by atoms with van der Waals surface area (Å²) in [5.74, 6) is -0.546. The molecule has 1 aliphatic heterocycles. The number of hydrogen-bond acceptors (Lipinski definition) is 10. The molecule has 1 unspecified atom stereocenters. The van der Waals surface area contributed by atoms with Gasteiger partial charge < -0.3 is 28.9 Å². The van der Waals surface area contributed by atoms with E-state index in [1.54, 1.807) is 0 Å². The van der Waals surface area contributed by atoms with E-state index in [0.717, 1.165) is 37.1 Å². The van der Waals surface area contributed by atoms with Gasteiger partial charge in [-0.2, -0.15) is 13.5 Å². The molecule has 12 nitrogen and oxygen atoms in total. The normalized spacial score (nSPS) is 15.3. The van der Waals surface area contributed by atoms with E-state index in [9.17, 15) is 27.2 Å². The van der Waals surface area contributed by atoms with Crippen molar-refractivity contribution in [3.63, 3.8) is 0 Å². The fourth-order valence-corrected chi connectivity index (χ4v) is 7.59. The molecule has 2 aliphatic rings. The molecule has 1 saturated heterocycles. The summed E-state index contributed by atoms with van der Waals surface area (Å²) in [5.41, 5.74) is 1.56. The molecule has 56 heavy (non-hydrogen) atoms. The maximum absolute atomic E-state index is 14.2. The Kier molecular flexibility index (Phi) is 13.8. The van der Waals surface area contributed by atoms with Crippen LogP contribution in [0, 0.1) is 11.1 Å². The topological polar surface area (TPSA) is 131 Å². The summed E-state index contributed by atoms with van der Waals surface area (Å²) in [6.07, 6.45) is 3.87. The average molecular weight is 837 g/mol. The molecule has 17 heteroatoms. The van der Waals surface area contributed by atoms with Crippen LogP contribution in [-0.4, -0.2) is 78.2 Å². The van der Waals surface area contributed by atoms with Gasteiger partial charge in [-0.15, -0.1) is 0 Å². The number of aromatic nitrogens is 1. The van der Waals surface area contributed by atoms with Crippen LogP contribution >= 0.6 is 23.2 Å². The summed E-state index contributed by atoms with van der Waals surface area (Å²) in [6, 6.07) is 17.9. The molecule has 1 atom stereocenters. The molecule has 4 aromatic rings. The summed E-state index contributed by atoms with van der Waals surface area (Å²) in [6.45, 7) is 0.0553. The van der Waals surface area contributed by atoms with Crippen molar-refractivity contribution in [2.75, 3.05) is 56.6 Å². The first-order chi connectivity index (χ1) is 26.8. The SMILES string of the molecule is CS(=O)(=O)N(CCN1CCOCC1)c1cc(C(=O)OC(Cc2c(Cl)c[n+]([O-])cc2Cl)c2ccc(OC(F)F)c(OCC3CC3)c2)ccc1OCc1ccccc1. The van der Waals surface area contributed by atoms with Crippen LogP contribution in [0.1, 0.15) is 46.0 Å². The van der Waals surface area contributed by atoms with Crippen LogP contribution in [0.4, 0.5) is 14.5 Å². The molecule has 300 valence electrons. The molecule has 1 saturated carbocycles. The highest BCUT2D eigenvalue weighted by Gasteiger charge is 2.29. The Labute approximate surface area is 334 Å². The number of benzene rings is 3. The zero-order valence-electron chi connectivity index (χ0n) is 30.5. The highest BCUT2D eigenvalue weighted by atomic mass is 35.5. The van der Waals surface area contributed by atoms with Gasteiger partial charge in [0, 0.05) is 38.2 Å². The molecular formula is C39H41Cl2F2N3O9S. The van der Waals surface area contributed by atoms with Crippen molar-refractivity contribution in [2.45, 2.75) is 38.6 Å². The first kappa shape index (κ1) is 41.2. The predicted molar refractivity (Wildman–Crippen MR) is 205 cm³/mol. The number of sulfonamides is 1. The Morgan fingerprint density at radius 2 is 1.68 bits per heavy atom. The van der Waals surface area contributed by atoms with E-state index in [2.05, 4.69) is 4.90 Å². The number of alkyl halides is 2. The van der Waals surface area contributed by atoms with E-state index >= 15 is 0 Å². The van der Waals surface area contributed by atoms with Crippen molar-refractivity contribution in [3.05, 3.63) is 117 Å². The minimum absolute atomic E-state index is 0.00248. The lowest BCUT2D eigenvalue weighted by molar-refractivity contribution is -0.605. The minimum Gasteiger partial charge on any atom is -0.619 e. The van der Waals surface area contributed by atoms with Crippen molar-refractivity contribution in [1.82, 2.24) is 4.90 Å². The van der Waals surface area contributed by atoms with E-state index in [-0.39, 0.29) is 76.2 Å². The smallest absolute Gasteiger partial charge is 0.387 e. The highest BCUT2D eigenvalue weighted by Crippen LogP contribution is 2.39. The maximum atomic E-state index is 14.2. The number of carbonyl (C=O) groups is 1. The molecule has 0 radical (unpaired) electrons. The molecule has 6 rings (SSSR count). The molecule has 3 aromatic carbocycles. The van der Waals surface area contributed by atoms with Crippen LogP contribution in [0.3, 0.4) is 0 Å². The molecule has 0 N–H and O–H groups in total. The van der Waals surface area contributed by atoms with Gasteiger partial charge in [0.25, 0.3) is 0 Å². The number of rotatable bonds is 18. The summed E-state index contributed by atoms with van der Waals surface area (Å²) in [5, 5.41) is 12.0. The first-order valence-corrected chi connectivity index (χ1v) is 20.5. The maximum Gasteiger partial charge on any atom is 0.387 e. The van der Waals surface area contributed by atoms with E-state index in [4.69, 9.17) is 46.9 Å². The number of nitrogens with zero attached hydrogens (tertiary/aromatic N) is 3. The molecule has 0 bridgehead atoms. The van der Waals surface area contributed by atoms with Gasteiger partial charge in [0.05, 0.1) is 37.3 Å². The lowest BCUT2D eigenvalue weighted by Gasteiger charge is -2.31. The second-order valence-corrected chi connectivity index (χ2v) is 16.2. The third-order valence-corrected chi connectivity index (χ3v) is 11.1. The third-order valence-electron chi connectivity index (χ3n) is 9.25. The number of halogens is 4. The van der Waals surface area contributed by atoms with E-state index in [0.29, 0.717) is 43.1 Å². The third kappa shape index (κ3) is 11.3. The molecule has 1 aliphatic carbocycles. The van der Waals surface area contributed by atoms with Crippen molar-refractivity contribution >= 4 is 44.9 Å². The summed E-state index contributed by atoms with van der Waals surface area (Å²) in [7, 11) is -3.90. The first-order valence-electron chi connectivity index (χ1n) is 17.9. The van der Waals surface area contributed by atoms with Gasteiger partial charge in [-0.1, -0.05) is 59.6 Å². The van der Waals surface area contributed by atoms with Crippen molar-refractivity contribution < 1.29 is 50.4 Å². The van der Waals surface area contributed by atoms with Gasteiger partial charge >= 0.3 is 12.6 Å². The summed E-state index contributed by atoms with van der Waals surface area (Å²) in [4.78, 5) is 16.2. The number of pyridine rings is 1. The Hall–Kier alpha value is -4.41. The lowest BCUT2D eigenvalue weighted by Crippen LogP contribution is -2.43. The Balaban J connectivity index is 1.35. The zero-order chi connectivity index (χ0) is 39.8. The Morgan fingerprint density at radius 3 is 2.34 bits per heavy atom. The van der Waals surface area contributed by atoms with E-state index < -0.39 is 28.7 Å². The molecular weight excluding hydrogens is 795 g/mol. The van der Waals surface area contributed by atoms with Crippen LogP contribution in [0.5, 0.6) is 17.2 Å². The number of morpholine rings is 1. The monoisotopic (exact) mass is 835 g/mol. The van der Waals surface area contributed by atoms with Crippen molar-refractivity contribution in [2.24, 2.45) is 5.92 Å². The quantitative estimate of drug-likeness (QED) is 0.0597. The second kappa shape index (κ2) is 18.7. The number of carbonyl (C=O) groups excluding carboxylic acids is 1. The molecule has 2 fully saturated rings. The van der Waals surface area contributed by atoms with Gasteiger partial charge in [-0.25, -0.2) is 13.2 Å². The summed E-state index contributed by atoms with van der Waals surface area (Å²) >= 11 is 12.9. The van der Waals surface area contributed by atoms with Crippen LogP contribution in [0.15, 0.2) is 79.1 Å². The standard InChI is InChI=1S/C39H41Cl2F2N3O9S/c1-56(49,50)46(14-13-44-15-17-51-18-16-44)33-19-29(10-11-34(33)52-24-26-5-3-2-4-6-26)38(47)54-36(21-30-31(40)22-45(48)23-32(30)41)28-9-12-35(55-39(42)43)37(20-28)53-25-27-7-8-27/h2-6,9-12,19-20,22-23,27,36,39H,7-8,13-18,21,24-25H2,1H3. The van der Waals surface area contributed by atoms with Crippen LogP contribution in [0.2, 0.25) is 10.0 Å². The predicted octanol–water partition coefficient (Wildman–Crippen LogP) is 6.84.